The van der Waals surface area contributed by atoms with E-state index in [9.17, 15) is 9.59 Å². The van der Waals surface area contributed by atoms with E-state index in [4.69, 9.17) is 28.9 Å². The average Bonchev–Trinajstić information content (AvgIpc) is 3.23. The van der Waals surface area contributed by atoms with Gasteiger partial charge in [0.25, 0.3) is 5.91 Å². The number of carbonyl (C=O) groups is 2. The van der Waals surface area contributed by atoms with Crippen LogP contribution >= 0.6 is 39.1 Å². The van der Waals surface area contributed by atoms with E-state index >= 15 is 0 Å². The first-order valence-electron chi connectivity index (χ1n) is 9.42. The molecule has 3 aromatic rings. The van der Waals surface area contributed by atoms with Crippen LogP contribution in [0.15, 0.2) is 47.2 Å². The van der Waals surface area contributed by atoms with E-state index in [0.717, 1.165) is 6.54 Å². The van der Waals surface area contributed by atoms with Crippen LogP contribution in [0.4, 0.5) is 5.69 Å². The molecule has 3 rings (SSSR count). The van der Waals surface area contributed by atoms with Crippen LogP contribution in [0.25, 0.3) is 5.82 Å². The van der Waals surface area contributed by atoms with Gasteiger partial charge in [-0.3, -0.25) is 9.59 Å². The van der Waals surface area contributed by atoms with Crippen molar-refractivity contribution >= 4 is 57.0 Å². The Labute approximate surface area is 199 Å². The number of amides is 1. The minimum absolute atomic E-state index is 0.242. The largest absolute Gasteiger partial charge is 0.330 e. The lowest BCUT2D eigenvalue weighted by Crippen LogP contribution is -2.30. The van der Waals surface area contributed by atoms with Crippen molar-refractivity contribution in [2.75, 3.05) is 18.5 Å². The molecule has 164 valence electrons. The van der Waals surface area contributed by atoms with Gasteiger partial charge >= 0.3 is 0 Å². The summed E-state index contributed by atoms with van der Waals surface area (Å²) in [5.41, 5.74) is 6.06. The fraction of sp³-hybridized carbons (Fsp3) is 0.238. The van der Waals surface area contributed by atoms with Crippen LogP contribution in [0.3, 0.4) is 0 Å². The molecule has 2 N–H and O–H groups in total. The molecule has 10 heteroatoms. The molecule has 0 aliphatic rings. The Morgan fingerprint density at radius 1 is 1.29 bits per heavy atom. The maximum Gasteiger partial charge on any atom is 0.276 e. The Hall–Kier alpha value is -2.26. The highest BCUT2D eigenvalue weighted by molar-refractivity contribution is 9.10. The Bertz CT molecular complexity index is 1060. The number of aldehydes is 1. The smallest absolute Gasteiger partial charge is 0.276 e. The molecule has 0 fully saturated rings. The summed E-state index contributed by atoms with van der Waals surface area (Å²) in [4.78, 5) is 30.0. The minimum Gasteiger partial charge on any atom is -0.330 e. The zero-order valence-electron chi connectivity index (χ0n) is 17.1. The molecule has 0 radical (unpaired) electrons. The van der Waals surface area contributed by atoms with Crippen molar-refractivity contribution in [1.82, 2.24) is 14.8 Å². The van der Waals surface area contributed by atoms with Crippen molar-refractivity contribution in [3.63, 3.8) is 0 Å². The Morgan fingerprint density at radius 2 is 2.03 bits per heavy atom. The number of halogens is 3. The van der Waals surface area contributed by atoms with Crippen LogP contribution < -0.4 is 10.6 Å². The van der Waals surface area contributed by atoms with E-state index in [-0.39, 0.29) is 11.3 Å². The third-order valence-corrected chi connectivity index (χ3v) is 5.30. The number of aromatic nitrogens is 3. The van der Waals surface area contributed by atoms with Crippen LogP contribution in [-0.2, 0) is 0 Å². The van der Waals surface area contributed by atoms with Crippen LogP contribution in [0.2, 0.25) is 10.0 Å². The van der Waals surface area contributed by atoms with Crippen molar-refractivity contribution in [3.8, 4) is 5.82 Å². The van der Waals surface area contributed by atoms with Gasteiger partial charge in [-0.1, -0.05) is 36.5 Å². The normalized spacial score (nSPS) is 10.3. The van der Waals surface area contributed by atoms with Gasteiger partial charge in [0.2, 0.25) is 0 Å². The second-order valence-electron chi connectivity index (χ2n) is 6.39. The second kappa shape index (κ2) is 12.0. The van der Waals surface area contributed by atoms with Gasteiger partial charge in [-0.15, -0.1) is 0 Å². The van der Waals surface area contributed by atoms with Crippen molar-refractivity contribution in [1.29, 1.82) is 0 Å². The van der Waals surface area contributed by atoms with Crippen molar-refractivity contribution in [2.45, 2.75) is 19.8 Å². The Kier molecular flexibility index (Phi) is 9.64. The van der Waals surface area contributed by atoms with Crippen molar-refractivity contribution in [2.24, 2.45) is 5.73 Å². The predicted molar refractivity (Wildman–Crippen MR) is 128 cm³/mol. The summed E-state index contributed by atoms with van der Waals surface area (Å²) in [6.07, 6.45) is 6.06. The van der Waals surface area contributed by atoms with Crippen LogP contribution in [-0.4, -0.2) is 40.6 Å². The molecule has 31 heavy (non-hydrogen) atoms. The summed E-state index contributed by atoms with van der Waals surface area (Å²) in [5.74, 6) is -0.0583. The Morgan fingerprint density at radius 3 is 2.61 bits per heavy atom. The molecule has 0 aliphatic heterocycles. The van der Waals surface area contributed by atoms with E-state index < -0.39 is 5.91 Å². The first kappa shape index (κ1) is 25.0. The van der Waals surface area contributed by atoms with Gasteiger partial charge in [0, 0.05) is 28.3 Å². The van der Waals surface area contributed by atoms with Crippen LogP contribution in [0.1, 0.15) is 40.6 Å². The molecule has 0 aliphatic carbocycles. The monoisotopic (exact) mass is 525 g/mol. The van der Waals surface area contributed by atoms with Gasteiger partial charge in [0.15, 0.2) is 12.1 Å². The number of hydrogen-bond acceptors (Lipinski definition) is 5. The summed E-state index contributed by atoms with van der Waals surface area (Å²) in [7, 11) is 1.56. The first-order valence-corrected chi connectivity index (χ1v) is 11.0. The number of rotatable bonds is 6. The van der Waals surface area contributed by atoms with E-state index in [0.29, 0.717) is 32.3 Å². The topological polar surface area (TPSA) is 94.1 Å². The number of nitrogens with zero attached hydrogens (tertiary/aromatic N) is 4. The molecule has 0 spiro atoms. The Balaban J connectivity index is 0.000000614. The maximum absolute atomic E-state index is 13.0. The highest BCUT2D eigenvalue weighted by Crippen LogP contribution is 2.33. The van der Waals surface area contributed by atoms with Gasteiger partial charge in [-0.25, -0.2) is 9.67 Å². The van der Waals surface area contributed by atoms with Gasteiger partial charge in [0.05, 0.1) is 16.9 Å². The second-order valence-corrected chi connectivity index (χ2v) is 8.08. The molecular weight excluding hydrogens is 505 g/mol. The number of hydrogen-bond donors (Lipinski definition) is 1. The highest BCUT2D eigenvalue weighted by Gasteiger charge is 2.24. The molecule has 0 unspecified atom stereocenters. The minimum atomic E-state index is -0.393. The molecule has 0 bridgehead atoms. The standard InChI is InChI=1S/C17H11BrCl2N4O2.C4H11N/c1-23(15-10(9-25)7-11(19)8-12(15)18)17(26)14-4-6-22-24(14)16-13(20)3-2-5-21-16;1-2-3-4-5/h2-9H,1H3;2-5H2,1H3. The maximum atomic E-state index is 13.0. The lowest BCUT2D eigenvalue weighted by Gasteiger charge is -2.21. The van der Waals surface area contributed by atoms with Crippen molar-refractivity contribution < 1.29 is 9.59 Å². The molecular formula is C21H22BrCl2N5O2. The number of nitrogens with two attached hydrogens (primary N) is 1. The van der Waals surface area contributed by atoms with E-state index in [1.807, 2.05) is 0 Å². The molecule has 1 amide bonds. The SMILES string of the molecule is CCCCN.CN(C(=O)c1ccnn1-c1ncccc1Cl)c1c(Br)cc(Cl)cc1C=O. The number of anilines is 1. The molecule has 2 aromatic heterocycles. The average molecular weight is 527 g/mol. The van der Waals surface area contributed by atoms with Gasteiger partial charge in [-0.2, -0.15) is 5.10 Å². The van der Waals surface area contributed by atoms with Crippen LogP contribution in [0.5, 0.6) is 0 Å². The van der Waals surface area contributed by atoms with Gasteiger partial charge in [0.1, 0.15) is 5.69 Å². The highest BCUT2D eigenvalue weighted by atomic mass is 79.9. The van der Waals surface area contributed by atoms with Gasteiger partial charge < -0.3 is 10.6 Å². The number of unbranched alkanes of at least 4 members (excludes halogenated alkanes) is 1. The third-order valence-electron chi connectivity index (χ3n) is 4.18. The fourth-order valence-corrected chi connectivity index (χ4v) is 3.98. The summed E-state index contributed by atoms with van der Waals surface area (Å²) in [6.45, 7) is 2.98. The predicted octanol–water partition coefficient (Wildman–Crippen LogP) is 5.17. The number of benzene rings is 1. The summed E-state index contributed by atoms with van der Waals surface area (Å²) < 4.78 is 1.87. The van der Waals surface area contributed by atoms with E-state index in [1.54, 1.807) is 37.5 Å². The molecule has 0 atom stereocenters. The molecule has 0 saturated carbocycles. The summed E-state index contributed by atoms with van der Waals surface area (Å²) in [6, 6.07) is 7.99. The first-order chi connectivity index (χ1) is 14.8. The lowest BCUT2D eigenvalue weighted by atomic mass is 10.1. The van der Waals surface area contributed by atoms with E-state index in [2.05, 4.69) is 32.9 Å². The molecule has 1 aromatic carbocycles. The van der Waals surface area contributed by atoms with Gasteiger partial charge in [-0.05, 0) is 59.2 Å². The zero-order valence-corrected chi connectivity index (χ0v) is 20.2. The quantitative estimate of drug-likeness (QED) is 0.447. The van der Waals surface area contributed by atoms with Crippen LogP contribution in [0, 0.1) is 0 Å². The summed E-state index contributed by atoms with van der Waals surface area (Å²) in [5, 5.41) is 4.88. The zero-order chi connectivity index (χ0) is 23.0. The van der Waals surface area contributed by atoms with E-state index in [1.165, 1.54) is 34.7 Å². The summed E-state index contributed by atoms with van der Waals surface area (Å²) >= 11 is 15.5. The third kappa shape index (κ3) is 6.13. The fourth-order valence-electron chi connectivity index (χ4n) is 2.67. The molecule has 7 nitrogen and oxygen atoms in total. The number of pyridine rings is 1. The number of carbonyl (C=O) groups excluding carboxylic acids is 2. The lowest BCUT2D eigenvalue weighted by molar-refractivity contribution is 0.0985. The molecule has 2 heterocycles. The van der Waals surface area contributed by atoms with Crippen molar-refractivity contribution in [3.05, 3.63) is 68.5 Å². The molecule has 0 saturated heterocycles.